The first-order chi connectivity index (χ1) is 19.3. The fourth-order valence-corrected chi connectivity index (χ4v) is 4.80. The first-order valence-corrected chi connectivity index (χ1v) is 13.1. The van der Waals surface area contributed by atoms with Crippen molar-refractivity contribution in [2.24, 2.45) is 0 Å². The van der Waals surface area contributed by atoms with Crippen LogP contribution in [0.2, 0.25) is 0 Å². The summed E-state index contributed by atoms with van der Waals surface area (Å²) in [6.07, 6.45) is 2.82. The van der Waals surface area contributed by atoms with Crippen LogP contribution in [0.15, 0.2) is 64.8 Å². The molecular weight excluding hydrogens is 513 g/mol. The van der Waals surface area contributed by atoms with Crippen molar-refractivity contribution in [1.29, 1.82) is 5.26 Å². The third kappa shape index (κ3) is 7.10. The second kappa shape index (κ2) is 13.3. The Hall–Kier alpha value is -4.11. The average Bonchev–Trinajstić information content (AvgIpc) is 3.34. The normalized spacial score (nSPS) is 18.2. The standard InChI is InChI=1S/C29H32BN3O7/c1-19-16-38-17-20(2)33(19)28(34)23(15-31)13-22-7-5-6-21(12-22)10-11-39-29(35)32-27(30(36)37)14-24-18-40-26-9-4-3-8-25(24)26/h3-9,12-13,18-20,27,36-37H,10-11,14,16-17H2,1-2H3,(H,32,35)/t19-,20-,27+/m1/s1. The Morgan fingerprint density at radius 2 is 1.95 bits per heavy atom. The van der Waals surface area contributed by atoms with Gasteiger partial charge in [0.05, 0.1) is 44.1 Å². The zero-order valence-corrected chi connectivity index (χ0v) is 22.4. The van der Waals surface area contributed by atoms with Crippen LogP contribution < -0.4 is 5.32 Å². The topological polar surface area (TPSA) is 145 Å². The molecular formula is C29H32BN3O7. The highest BCUT2D eigenvalue weighted by molar-refractivity contribution is 6.43. The number of benzene rings is 2. The van der Waals surface area contributed by atoms with E-state index in [1.807, 2.05) is 50.2 Å². The molecule has 2 amide bonds. The molecule has 4 rings (SSSR count). The number of nitrogens with one attached hydrogen (secondary N) is 1. The Morgan fingerprint density at radius 1 is 1.20 bits per heavy atom. The van der Waals surface area contributed by atoms with Crippen molar-refractivity contribution in [3.8, 4) is 6.07 Å². The molecule has 1 aliphatic rings. The van der Waals surface area contributed by atoms with Crippen LogP contribution in [0.25, 0.3) is 17.0 Å². The van der Waals surface area contributed by atoms with Gasteiger partial charge < -0.3 is 34.2 Å². The molecule has 11 heteroatoms. The van der Waals surface area contributed by atoms with Gasteiger partial charge in [0.15, 0.2) is 0 Å². The molecule has 3 aromatic rings. The van der Waals surface area contributed by atoms with Crippen molar-refractivity contribution in [3.05, 3.63) is 77.1 Å². The minimum absolute atomic E-state index is 0.0346. The van der Waals surface area contributed by atoms with Crippen LogP contribution in [0.4, 0.5) is 4.79 Å². The van der Waals surface area contributed by atoms with Crippen molar-refractivity contribution in [1.82, 2.24) is 10.2 Å². The maximum absolute atomic E-state index is 13.1. The van der Waals surface area contributed by atoms with Gasteiger partial charge in [-0.15, -0.1) is 0 Å². The lowest BCUT2D eigenvalue weighted by atomic mass is 9.76. The van der Waals surface area contributed by atoms with Crippen LogP contribution in [-0.2, 0) is 27.1 Å². The van der Waals surface area contributed by atoms with Gasteiger partial charge in [0.2, 0.25) is 0 Å². The fraction of sp³-hybridized carbons (Fsp3) is 0.345. The van der Waals surface area contributed by atoms with Crippen LogP contribution in [0.1, 0.15) is 30.5 Å². The van der Waals surface area contributed by atoms with Crippen molar-refractivity contribution in [2.45, 2.75) is 44.7 Å². The summed E-state index contributed by atoms with van der Waals surface area (Å²) in [5.74, 6) is -1.33. The Bertz CT molecular complexity index is 1400. The van der Waals surface area contributed by atoms with E-state index >= 15 is 0 Å². The third-order valence-electron chi connectivity index (χ3n) is 6.80. The first-order valence-electron chi connectivity index (χ1n) is 13.1. The summed E-state index contributed by atoms with van der Waals surface area (Å²) in [4.78, 5) is 27.1. The van der Waals surface area contributed by atoms with Crippen molar-refractivity contribution in [3.63, 3.8) is 0 Å². The van der Waals surface area contributed by atoms with Crippen LogP contribution in [0.5, 0.6) is 0 Å². The van der Waals surface area contributed by atoms with Gasteiger partial charge in [-0.2, -0.15) is 5.26 Å². The minimum atomic E-state index is -1.80. The SMILES string of the molecule is C[C@@H]1COC[C@@H](C)N1C(=O)C(C#N)=Cc1cccc(CCOC(=O)N[C@@H](Cc2coc3ccccc23)B(O)O)c1. The lowest BCUT2D eigenvalue weighted by Crippen LogP contribution is -2.52. The molecule has 40 heavy (non-hydrogen) atoms. The molecule has 2 heterocycles. The largest absolute Gasteiger partial charge is 0.475 e. The molecule has 1 aliphatic heterocycles. The number of ether oxygens (including phenoxy) is 2. The van der Waals surface area contributed by atoms with E-state index in [1.54, 1.807) is 29.2 Å². The number of carbonyl (C=O) groups excluding carboxylic acids is 2. The van der Waals surface area contributed by atoms with Gasteiger partial charge in [0.1, 0.15) is 17.2 Å². The van der Waals surface area contributed by atoms with Gasteiger partial charge in [0.25, 0.3) is 5.91 Å². The Labute approximate surface area is 232 Å². The zero-order chi connectivity index (χ0) is 28.6. The molecule has 0 spiro atoms. The van der Waals surface area contributed by atoms with Crippen LogP contribution in [0.3, 0.4) is 0 Å². The summed E-state index contributed by atoms with van der Waals surface area (Å²) in [5, 5.41) is 32.6. The number of morpholine rings is 1. The second-order valence-corrected chi connectivity index (χ2v) is 9.87. The molecule has 0 radical (unpaired) electrons. The number of carbonyl (C=O) groups is 2. The van der Waals surface area contributed by atoms with Gasteiger partial charge in [-0.1, -0.05) is 42.5 Å². The molecule has 0 bridgehead atoms. The van der Waals surface area contributed by atoms with Gasteiger partial charge >= 0.3 is 13.2 Å². The van der Waals surface area contributed by atoms with Crippen LogP contribution in [-0.4, -0.2) is 71.9 Å². The Balaban J connectivity index is 1.33. The molecule has 3 atom stereocenters. The number of nitrogens with zero attached hydrogens (tertiary/aromatic N) is 2. The van der Waals surface area contributed by atoms with E-state index in [1.165, 1.54) is 6.26 Å². The number of nitriles is 1. The molecule has 2 aromatic carbocycles. The number of amides is 2. The van der Waals surface area contributed by atoms with E-state index in [0.717, 1.165) is 16.5 Å². The molecule has 10 nitrogen and oxygen atoms in total. The molecule has 3 N–H and O–H groups in total. The molecule has 0 unspecified atom stereocenters. The lowest BCUT2D eigenvalue weighted by Gasteiger charge is -2.38. The predicted octanol–water partition coefficient (Wildman–Crippen LogP) is 2.87. The molecule has 1 aromatic heterocycles. The van der Waals surface area contributed by atoms with Crippen molar-refractivity contribution in [2.75, 3.05) is 19.8 Å². The minimum Gasteiger partial charge on any atom is -0.464 e. The maximum atomic E-state index is 13.1. The van der Waals surface area contributed by atoms with Gasteiger partial charge in [0, 0.05) is 11.8 Å². The highest BCUT2D eigenvalue weighted by Crippen LogP contribution is 2.22. The first kappa shape index (κ1) is 28.9. The lowest BCUT2D eigenvalue weighted by molar-refractivity contribution is -0.139. The molecule has 1 saturated heterocycles. The molecule has 0 saturated carbocycles. The summed E-state index contributed by atoms with van der Waals surface area (Å²) in [5.41, 5.74) is 2.94. The molecule has 0 aliphatic carbocycles. The van der Waals surface area contributed by atoms with Gasteiger partial charge in [-0.25, -0.2) is 4.79 Å². The van der Waals surface area contributed by atoms with Crippen LogP contribution >= 0.6 is 0 Å². The third-order valence-corrected chi connectivity index (χ3v) is 6.80. The number of fused-ring (bicyclic) bond motifs is 1. The molecule has 1 fully saturated rings. The smallest absolute Gasteiger partial charge is 0.464 e. The predicted molar refractivity (Wildman–Crippen MR) is 149 cm³/mol. The summed E-state index contributed by atoms with van der Waals surface area (Å²) < 4.78 is 16.3. The maximum Gasteiger partial charge on any atom is 0.475 e. The Kier molecular flexibility index (Phi) is 9.61. The number of para-hydroxylation sites is 1. The van der Waals surface area contributed by atoms with Gasteiger partial charge in [-0.05, 0) is 49.1 Å². The van der Waals surface area contributed by atoms with E-state index in [4.69, 9.17) is 13.9 Å². The van der Waals surface area contributed by atoms with Gasteiger partial charge in [-0.3, -0.25) is 4.79 Å². The number of alkyl carbamates (subject to hydrolysis) is 1. The quantitative estimate of drug-likeness (QED) is 0.212. The van der Waals surface area contributed by atoms with E-state index in [-0.39, 0.29) is 36.6 Å². The van der Waals surface area contributed by atoms with E-state index < -0.39 is 19.2 Å². The van der Waals surface area contributed by atoms with Crippen molar-refractivity contribution >= 4 is 36.2 Å². The van der Waals surface area contributed by atoms with Crippen molar-refractivity contribution < 1.29 is 33.5 Å². The summed E-state index contributed by atoms with van der Waals surface area (Å²) in [6, 6.07) is 16.4. The highest BCUT2D eigenvalue weighted by Gasteiger charge is 2.31. The fourth-order valence-electron chi connectivity index (χ4n) is 4.80. The summed E-state index contributed by atoms with van der Waals surface area (Å²) in [7, 11) is -1.80. The number of furan rings is 1. The number of hydrogen-bond acceptors (Lipinski definition) is 8. The van der Waals surface area contributed by atoms with Crippen LogP contribution in [0, 0.1) is 11.3 Å². The van der Waals surface area contributed by atoms with E-state index in [9.17, 15) is 24.9 Å². The number of rotatable bonds is 9. The average molecular weight is 545 g/mol. The van der Waals surface area contributed by atoms with E-state index in [0.29, 0.717) is 30.8 Å². The summed E-state index contributed by atoms with van der Waals surface area (Å²) >= 11 is 0. The Morgan fingerprint density at radius 3 is 2.67 bits per heavy atom. The zero-order valence-electron chi connectivity index (χ0n) is 22.4. The highest BCUT2D eigenvalue weighted by atomic mass is 16.5. The summed E-state index contributed by atoms with van der Waals surface area (Å²) in [6.45, 7) is 4.67. The number of hydrogen-bond donors (Lipinski definition) is 3. The second-order valence-electron chi connectivity index (χ2n) is 9.87. The monoisotopic (exact) mass is 545 g/mol. The van der Waals surface area contributed by atoms with E-state index in [2.05, 4.69) is 5.32 Å². The molecule has 208 valence electrons.